The molecular formula is C10H9N3O2. The predicted molar refractivity (Wildman–Crippen MR) is 55.3 cm³/mol. The molecule has 2 aromatic rings. The van der Waals surface area contributed by atoms with E-state index in [0.29, 0.717) is 11.5 Å². The monoisotopic (exact) mass is 203 g/mol. The summed E-state index contributed by atoms with van der Waals surface area (Å²) in [5.41, 5.74) is 6.08. The van der Waals surface area contributed by atoms with Crippen molar-refractivity contribution in [1.82, 2.24) is 4.98 Å². The molecule has 0 unspecified atom stereocenters. The standard InChI is InChI=1S/C10H9N3O2/c11-7-3-4-12-9(6-7)13-10(14)8-2-1-5-15-8/h1-6H,(H3,11,12,13,14). The maximum atomic E-state index is 11.5. The highest BCUT2D eigenvalue weighted by Gasteiger charge is 2.08. The SMILES string of the molecule is Nc1ccnc(NC(=O)c2ccco2)c1. The highest BCUT2D eigenvalue weighted by atomic mass is 16.3. The summed E-state index contributed by atoms with van der Waals surface area (Å²) < 4.78 is 4.93. The van der Waals surface area contributed by atoms with Crippen molar-refractivity contribution >= 4 is 17.4 Å². The quantitative estimate of drug-likeness (QED) is 0.775. The number of hydrogen-bond donors (Lipinski definition) is 2. The largest absolute Gasteiger partial charge is 0.459 e. The Balaban J connectivity index is 2.13. The number of nitrogens with zero attached hydrogens (tertiary/aromatic N) is 1. The molecule has 0 atom stereocenters. The Hall–Kier alpha value is -2.30. The van der Waals surface area contributed by atoms with E-state index < -0.39 is 0 Å². The number of nitrogens with two attached hydrogens (primary N) is 1. The van der Waals surface area contributed by atoms with Gasteiger partial charge in [-0.3, -0.25) is 4.79 Å². The fraction of sp³-hybridized carbons (Fsp3) is 0. The van der Waals surface area contributed by atoms with Gasteiger partial charge in [0.25, 0.3) is 5.91 Å². The molecule has 15 heavy (non-hydrogen) atoms. The first-order valence-corrected chi connectivity index (χ1v) is 4.32. The van der Waals surface area contributed by atoms with Crippen LogP contribution in [-0.2, 0) is 0 Å². The smallest absolute Gasteiger partial charge is 0.292 e. The Morgan fingerprint density at radius 1 is 1.47 bits per heavy atom. The second kappa shape index (κ2) is 3.83. The summed E-state index contributed by atoms with van der Waals surface area (Å²) in [4.78, 5) is 15.4. The molecule has 0 spiro atoms. The third-order valence-corrected chi connectivity index (χ3v) is 1.77. The number of pyridine rings is 1. The number of nitrogens with one attached hydrogen (secondary N) is 1. The predicted octanol–water partition coefficient (Wildman–Crippen LogP) is 1.51. The minimum atomic E-state index is -0.349. The van der Waals surface area contributed by atoms with E-state index in [-0.39, 0.29) is 11.7 Å². The lowest BCUT2D eigenvalue weighted by molar-refractivity contribution is 0.0996. The van der Waals surface area contributed by atoms with Gasteiger partial charge < -0.3 is 15.5 Å². The summed E-state index contributed by atoms with van der Waals surface area (Å²) in [5.74, 6) is 0.286. The van der Waals surface area contributed by atoms with E-state index in [2.05, 4.69) is 10.3 Å². The van der Waals surface area contributed by atoms with Gasteiger partial charge in [0.2, 0.25) is 0 Å². The molecule has 0 aromatic carbocycles. The van der Waals surface area contributed by atoms with E-state index in [1.807, 2.05) is 0 Å². The van der Waals surface area contributed by atoms with Gasteiger partial charge in [-0.05, 0) is 18.2 Å². The van der Waals surface area contributed by atoms with Crippen LogP contribution in [0.5, 0.6) is 0 Å². The van der Waals surface area contributed by atoms with Gasteiger partial charge in [0.1, 0.15) is 5.82 Å². The van der Waals surface area contributed by atoms with Gasteiger partial charge in [0.15, 0.2) is 5.76 Å². The first-order valence-electron chi connectivity index (χ1n) is 4.32. The molecule has 5 heteroatoms. The van der Waals surface area contributed by atoms with E-state index in [0.717, 1.165) is 0 Å². The number of furan rings is 1. The molecular weight excluding hydrogens is 194 g/mol. The van der Waals surface area contributed by atoms with Crippen LogP contribution in [0.1, 0.15) is 10.6 Å². The Bertz CT molecular complexity index is 465. The minimum Gasteiger partial charge on any atom is -0.459 e. The molecule has 2 heterocycles. The van der Waals surface area contributed by atoms with Gasteiger partial charge in [-0.15, -0.1) is 0 Å². The van der Waals surface area contributed by atoms with E-state index in [9.17, 15) is 4.79 Å². The second-order valence-electron chi connectivity index (χ2n) is 2.91. The molecule has 0 aliphatic rings. The minimum absolute atomic E-state index is 0.235. The second-order valence-corrected chi connectivity index (χ2v) is 2.91. The molecule has 0 bridgehead atoms. The first kappa shape index (κ1) is 9.26. The third-order valence-electron chi connectivity index (χ3n) is 1.77. The van der Waals surface area contributed by atoms with Crippen molar-refractivity contribution < 1.29 is 9.21 Å². The van der Waals surface area contributed by atoms with Gasteiger partial charge in [-0.1, -0.05) is 0 Å². The van der Waals surface area contributed by atoms with Crippen molar-refractivity contribution in [3.05, 3.63) is 42.5 Å². The molecule has 76 valence electrons. The lowest BCUT2D eigenvalue weighted by Gasteiger charge is -2.02. The zero-order valence-electron chi connectivity index (χ0n) is 7.81. The van der Waals surface area contributed by atoms with Crippen molar-refractivity contribution in [3.63, 3.8) is 0 Å². The molecule has 2 rings (SSSR count). The maximum absolute atomic E-state index is 11.5. The van der Waals surface area contributed by atoms with Gasteiger partial charge >= 0.3 is 0 Å². The van der Waals surface area contributed by atoms with E-state index >= 15 is 0 Å². The van der Waals surface area contributed by atoms with Gasteiger partial charge in [-0.25, -0.2) is 4.98 Å². The summed E-state index contributed by atoms with van der Waals surface area (Å²) in [6, 6.07) is 6.42. The van der Waals surface area contributed by atoms with Crippen LogP contribution in [0.15, 0.2) is 41.1 Å². The molecule has 5 nitrogen and oxygen atoms in total. The molecule has 3 N–H and O–H groups in total. The van der Waals surface area contributed by atoms with Crippen molar-refractivity contribution in [1.29, 1.82) is 0 Å². The van der Waals surface area contributed by atoms with Crippen molar-refractivity contribution in [3.8, 4) is 0 Å². The van der Waals surface area contributed by atoms with Crippen LogP contribution in [0.25, 0.3) is 0 Å². The highest BCUT2D eigenvalue weighted by molar-refractivity contribution is 6.01. The first-order chi connectivity index (χ1) is 7.25. The highest BCUT2D eigenvalue weighted by Crippen LogP contribution is 2.10. The summed E-state index contributed by atoms with van der Waals surface area (Å²) in [7, 11) is 0. The Labute approximate surface area is 85.9 Å². The Morgan fingerprint density at radius 3 is 3.00 bits per heavy atom. The summed E-state index contributed by atoms with van der Waals surface area (Å²) in [6.45, 7) is 0. The summed E-state index contributed by atoms with van der Waals surface area (Å²) >= 11 is 0. The summed E-state index contributed by atoms with van der Waals surface area (Å²) in [5, 5.41) is 2.56. The van der Waals surface area contributed by atoms with Crippen LogP contribution in [0.4, 0.5) is 11.5 Å². The van der Waals surface area contributed by atoms with Crippen LogP contribution in [0.3, 0.4) is 0 Å². The number of carbonyl (C=O) groups is 1. The van der Waals surface area contributed by atoms with Crippen LogP contribution in [0.2, 0.25) is 0 Å². The van der Waals surface area contributed by atoms with Crippen molar-refractivity contribution in [2.45, 2.75) is 0 Å². The maximum Gasteiger partial charge on any atom is 0.292 e. The number of amides is 1. The number of hydrogen-bond acceptors (Lipinski definition) is 4. The van der Waals surface area contributed by atoms with E-state index in [4.69, 9.17) is 10.2 Å². The van der Waals surface area contributed by atoms with Gasteiger partial charge in [0, 0.05) is 18.0 Å². The van der Waals surface area contributed by atoms with E-state index in [1.54, 1.807) is 24.3 Å². The van der Waals surface area contributed by atoms with Crippen molar-refractivity contribution in [2.75, 3.05) is 11.1 Å². The zero-order valence-corrected chi connectivity index (χ0v) is 7.81. The van der Waals surface area contributed by atoms with Gasteiger partial charge in [0.05, 0.1) is 6.26 Å². The zero-order chi connectivity index (χ0) is 10.7. The van der Waals surface area contributed by atoms with Crippen LogP contribution >= 0.6 is 0 Å². The Kier molecular flexibility index (Phi) is 2.37. The lowest BCUT2D eigenvalue weighted by atomic mass is 10.4. The number of aromatic nitrogens is 1. The number of rotatable bonds is 2. The lowest BCUT2D eigenvalue weighted by Crippen LogP contribution is -2.12. The molecule has 0 saturated carbocycles. The molecule has 0 aliphatic carbocycles. The van der Waals surface area contributed by atoms with Crippen molar-refractivity contribution in [2.24, 2.45) is 0 Å². The van der Waals surface area contributed by atoms with Crippen LogP contribution in [0, 0.1) is 0 Å². The Morgan fingerprint density at radius 2 is 2.33 bits per heavy atom. The molecule has 1 amide bonds. The average molecular weight is 203 g/mol. The fourth-order valence-electron chi connectivity index (χ4n) is 1.10. The van der Waals surface area contributed by atoms with Crippen LogP contribution < -0.4 is 11.1 Å². The average Bonchev–Trinajstić information content (AvgIpc) is 2.70. The topological polar surface area (TPSA) is 81.1 Å². The number of anilines is 2. The van der Waals surface area contributed by atoms with Gasteiger partial charge in [-0.2, -0.15) is 0 Å². The molecule has 0 saturated heterocycles. The molecule has 0 radical (unpaired) electrons. The number of nitrogen functional groups attached to an aromatic ring is 1. The molecule has 2 aromatic heterocycles. The molecule has 0 aliphatic heterocycles. The van der Waals surface area contributed by atoms with E-state index in [1.165, 1.54) is 12.5 Å². The fourth-order valence-corrected chi connectivity index (χ4v) is 1.10. The molecule has 0 fully saturated rings. The van der Waals surface area contributed by atoms with Crippen LogP contribution in [-0.4, -0.2) is 10.9 Å². The normalized spacial score (nSPS) is 9.87. The summed E-state index contributed by atoms with van der Waals surface area (Å²) in [6.07, 6.45) is 2.95. The number of carbonyl (C=O) groups excluding carboxylic acids is 1. The third kappa shape index (κ3) is 2.14.